The maximum atomic E-state index is 12.4. The van der Waals surface area contributed by atoms with E-state index in [0.29, 0.717) is 26.1 Å². The lowest BCUT2D eigenvalue weighted by atomic mass is 9.95. The molecule has 0 atom stereocenters. The number of halogens is 2. The fraction of sp³-hybridized carbons (Fsp3) is 0.333. The van der Waals surface area contributed by atoms with Gasteiger partial charge >= 0.3 is 5.97 Å². The number of aliphatic imine (C=N–C) groups is 1. The molecule has 0 aliphatic heterocycles. The SMILES string of the molecule is CCOC(=O)c1c(/N=C/c2cc(Br)c(O)c(Br)c2)sc2c1CCCC2. The molecular weight excluding hydrogens is 470 g/mol. The summed E-state index contributed by atoms with van der Waals surface area (Å²) in [5.74, 6) is -0.141. The van der Waals surface area contributed by atoms with E-state index in [-0.39, 0.29) is 11.7 Å². The Hall–Kier alpha value is -1.18. The van der Waals surface area contributed by atoms with Gasteiger partial charge in [0.15, 0.2) is 0 Å². The number of hydrogen-bond acceptors (Lipinski definition) is 5. The quantitative estimate of drug-likeness (QED) is 0.439. The highest BCUT2D eigenvalue weighted by Gasteiger charge is 2.26. The van der Waals surface area contributed by atoms with Crippen molar-refractivity contribution in [3.63, 3.8) is 0 Å². The molecule has 0 bridgehead atoms. The Labute approximate surface area is 167 Å². The number of carbonyl (C=O) groups is 1. The van der Waals surface area contributed by atoms with Gasteiger partial charge in [0.25, 0.3) is 0 Å². The van der Waals surface area contributed by atoms with Crippen molar-refractivity contribution < 1.29 is 14.6 Å². The number of hydrogen-bond donors (Lipinski definition) is 1. The Morgan fingerprint density at radius 2 is 2.00 bits per heavy atom. The molecule has 1 N–H and O–H groups in total. The summed E-state index contributed by atoms with van der Waals surface area (Å²) in [7, 11) is 0. The fourth-order valence-electron chi connectivity index (χ4n) is 2.85. The summed E-state index contributed by atoms with van der Waals surface area (Å²) in [6.45, 7) is 2.16. The number of nitrogens with zero attached hydrogens (tertiary/aromatic N) is 1. The first kappa shape index (κ1) is 18.6. The van der Waals surface area contributed by atoms with Crippen LogP contribution in [0.5, 0.6) is 5.75 Å². The lowest BCUT2D eigenvalue weighted by molar-refractivity contribution is 0.0526. The number of fused-ring (bicyclic) bond motifs is 1. The second-order valence-electron chi connectivity index (χ2n) is 5.70. The van der Waals surface area contributed by atoms with E-state index in [0.717, 1.165) is 36.8 Å². The molecule has 0 saturated carbocycles. The standard InChI is InChI=1S/C18H17Br2NO3S/c1-2-24-18(23)15-11-5-3-4-6-14(11)25-17(15)21-9-10-7-12(19)16(22)13(20)8-10/h7-9,22H,2-6H2,1H3/b21-9+. The van der Waals surface area contributed by atoms with E-state index in [2.05, 4.69) is 36.9 Å². The van der Waals surface area contributed by atoms with E-state index in [1.807, 2.05) is 6.92 Å². The molecule has 1 aliphatic carbocycles. The van der Waals surface area contributed by atoms with Gasteiger partial charge < -0.3 is 9.84 Å². The summed E-state index contributed by atoms with van der Waals surface area (Å²) < 4.78 is 6.41. The van der Waals surface area contributed by atoms with Crippen molar-refractivity contribution in [2.45, 2.75) is 32.6 Å². The summed E-state index contributed by atoms with van der Waals surface area (Å²) in [5.41, 5.74) is 2.54. The Kier molecular flexibility index (Phi) is 5.96. The van der Waals surface area contributed by atoms with Crippen molar-refractivity contribution in [2.24, 2.45) is 4.99 Å². The third-order valence-corrected chi connectivity index (χ3v) is 6.41. The minimum Gasteiger partial charge on any atom is -0.506 e. The summed E-state index contributed by atoms with van der Waals surface area (Å²) in [5, 5.41) is 10.5. The monoisotopic (exact) mass is 485 g/mol. The van der Waals surface area contributed by atoms with Gasteiger partial charge in [-0.25, -0.2) is 9.79 Å². The van der Waals surface area contributed by atoms with Gasteiger partial charge in [0.05, 0.1) is 21.1 Å². The Balaban J connectivity index is 1.99. The predicted molar refractivity (Wildman–Crippen MR) is 108 cm³/mol. The summed E-state index contributed by atoms with van der Waals surface area (Å²) >= 11 is 8.20. The zero-order valence-corrected chi connectivity index (χ0v) is 17.6. The van der Waals surface area contributed by atoms with Crippen LogP contribution in [0.1, 0.15) is 46.1 Å². The molecule has 0 fully saturated rings. The first-order chi connectivity index (χ1) is 12.0. The van der Waals surface area contributed by atoms with E-state index in [1.54, 1.807) is 29.7 Å². The number of phenols is 1. The molecule has 1 aromatic carbocycles. The van der Waals surface area contributed by atoms with Crippen molar-refractivity contribution in [1.82, 2.24) is 0 Å². The smallest absolute Gasteiger partial charge is 0.341 e. The lowest BCUT2D eigenvalue weighted by Crippen LogP contribution is -2.09. The number of ether oxygens (including phenoxy) is 1. The third kappa shape index (κ3) is 3.99. The average Bonchev–Trinajstić information content (AvgIpc) is 2.96. The molecule has 2 aromatic rings. The number of aryl methyl sites for hydroxylation is 1. The maximum absolute atomic E-state index is 12.4. The van der Waals surface area contributed by atoms with Crippen molar-refractivity contribution >= 4 is 60.4 Å². The normalized spacial score (nSPS) is 13.9. The van der Waals surface area contributed by atoms with E-state index < -0.39 is 0 Å². The first-order valence-electron chi connectivity index (χ1n) is 8.05. The van der Waals surface area contributed by atoms with Gasteiger partial charge in [0, 0.05) is 11.1 Å². The number of thiophene rings is 1. The van der Waals surface area contributed by atoms with Crippen molar-refractivity contribution in [3.8, 4) is 5.75 Å². The molecule has 3 rings (SSSR count). The molecule has 0 saturated heterocycles. The number of benzene rings is 1. The Morgan fingerprint density at radius 3 is 2.68 bits per heavy atom. The highest BCUT2D eigenvalue weighted by molar-refractivity contribution is 9.11. The minimum absolute atomic E-state index is 0.149. The molecule has 25 heavy (non-hydrogen) atoms. The van der Waals surface area contributed by atoms with E-state index >= 15 is 0 Å². The van der Waals surface area contributed by atoms with Gasteiger partial charge in [0.2, 0.25) is 0 Å². The molecule has 0 spiro atoms. The van der Waals surface area contributed by atoms with Crippen molar-refractivity contribution in [1.29, 1.82) is 0 Å². The van der Waals surface area contributed by atoms with E-state index in [4.69, 9.17) is 4.74 Å². The number of rotatable bonds is 4. The third-order valence-electron chi connectivity index (χ3n) is 4.00. The highest BCUT2D eigenvalue weighted by Crippen LogP contribution is 2.40. The summed E-state index contributed by atoms with van der Waals surface area (Å²) in [6.07, 6.45) is 5.85. The molecule has 1 aliphatic rings. The van der Waals surface area contributed by atoms with Gasteiger partial charge in [-0.1, -0.05) is 0 Å². The average molecular weight is 487 g/mol. The van der Waals surface area contributed by atoms with Crippen LogP contribution in [0.3, 0.4) is 0 Å². The van der Waals surface area contributed by atoms with Gasteiger partial charge in [0.1, 0.15) is 10.8 Å². The van der Waals surface area contributed by atoms with Crippen LogP contribution >= 0.6 is 43.2 Å². The topological polar surface area (TPSA) is 58.9 Å². The molecule has 0 amide bonds. The van der Waals surface area contributed by atoms with Crippen molar-refractivity contribution in [3.05, 3.63) is 42.6 Å². The van der Waals surface area contributed by atoms with Gasteiger partial charge in [-0.2, -0.15) is 0 Å². The molecule has 4 nitrogen and oxygen atoms in total. The summed E-state index contributed by atoms with van der Waals surface area (Å²) in [6, 6.07) is 3.56. The van der Waals surface area contributed by atoms with Crippen LogP contribution in [0.25, 0.3) is 0 Å². The predicted octanol–water partition coefficient (Wildman–Crippen LogP) is 5.78. The number of esters is 1. The van der Waals surface area contributed by atoms with Crippen molar-refractivity contribution in [2.75, 3.05) is 6.61 Å². The van der Waals surface area contributed by atoms with E-state index in [1.165, 1.54) is 4.88 Å². The van der Waals surface area contributed by atoms with Crippen LogP contribution < -0.4 is 0 Å². The highest BCUT2D eigenvalue weighted by atomic mass is 79.9. The molecule has 132 valence electrons. The number of aromatic hydroxyl groups is 1. The Morgan fingerprint density at radius 1 is 1.32 bits per heavy atom. The van der Waals surface area contributed by atoms with Crippen LogP contribution in [0, 0.1) is 0 Å². The molecule has 0 radical (unpaired) electrons. The van der Waals surface area contributed by atoms with Gasteiger partial charge in [-0.05, 0) is 87.7 Å². The number of phenolic OH excluding ortho intramolecular Hbond substituents is 1. The molecular formula is C18H17Br2NO3S. The molecule has 7 heteroatoms. The fourth-order valence-corrected chi connectivity index (χ4v) is 5.29. The molecule has 1 heterocycles. The second-order valence-corrected chi connectivity index (χ2v) is 8.50. The zero-order valence-electron chi connectivity index (χ0n) is 13.6. The molecule has 1 aromatic heterocycles. The second kappa shape index (κ2) is 8.01. The van der Waals surface area contributed by atoms with Crippen LogP contribution in [-0.4, -0.2) is 23.9 Å². The van der Waals surface area contributed by atoms with Crippen LogP contribution in [-0.2, 0) is 17.6 Å². The zero-order chi connectivity index (χ0) is 18.0. The number of carbonyl (C=O) groups excluding carboxylic acids is 1. The Bertz CT molecular complexity index is 822. The maximum Gasteiger partial charge on any atom is 0.341 e. The molecule has 0 unspecified atom stereocenters. The lowest BCUT2D eigenvalue weighted by Gasteiger charge is -2.11. The van der Waals surface area contributed by atoms with Crippen LogP contribution in [0.4, 0.5) is 5.00 Å². The largest absolute Gasteiger partial charge is 0.506 e. The van der Waals surface area contributed by atoms with Crippen LogP contribution in [0.2, 0.25) is 0 Å². The van der Waals surface area contributed by atoms with Gasteiger partial charge in [-0.15, -0.1) is 11.3 Å². The minimum atomic E-state index is -0.290. The first-order valence-corrected chi connectivity index (χ1v) is 10.4. The summed E-state index contributed by atoms with van der Waals surface area (Å²) in [4.78, 5) is 18.2. The van der Waals surface area contributed by atoms with E-state index in [9.17, 15) is 9.90 Å². The van der Waals surface area contributed by atoms with Crippen LogP contribution in [0.15, 0.2) is 26.1 Å². The van der Waals surface area contributed by atoms with Gasteiger partial charge in [-0.3, -0.25) is 0 Å².